The molecule has 80 valence electrons. The summed E-state index contributed by atoms with van der Waals surface area (Å²) in [6.45, 7) is 3.95. The largest absolute Gasteiger partial charge is 0.229 e. The van der Waals surface area contributed by atoms with Gasteiger partial charge in [-0.2, -0.15) is 0 Å². The van der Waals surface area contributed by atoms with Crippen LogP contribution in [0.1, 0.15) is 20.7 Å². The Morgan fingerprint density at radius 1 is 1.50 bits per heavy atom. The summed E-state index contributed by atoms with van der Waals surface area (Å²) in [5.74, 6) is 0.00552. The van der Waals surface area contributed by atoms with E-state index in [2.05, 4.69) is 0 Å². The molecule has 1 unspecified atom stereocenters. The fourth-order valence-corrected chi connectivity index (χ4v) is 3.99. The van der Waals surface area contributed by atoms with E-state index in [1.807, 2.05) is 19.9 Å². The second kappa shape index (κ2) is 4.21. The van der Waals surface area contributed by atoms with E-state index in [1.165, 1.54) is 6.26 Å². The van der Waals surface area contributed by atoms with Gasteiger partial charge in [-0.1, -0.05) is 0 Å². The maximum atomic E-state index is 11.1. The lowest BCUT2D eigenvalue weighted by Gasteiger charge is -2.06. The van der Waals surface area contributed by atoms with E-state index in [0.29, 0.717) is 0 Å². The third-order valence-corrected chi connectivity index (χ3v) is 4.36. The number of alkyl halides is 1. The van der Waals surface area contributed by atoms with Crippen molar-refractivity contribution in [1.82, 2.24) is 0 Å². The lowest BCUT2D eigenvalue weighted by Crippen LogP contribution is -2.08. The van der Waals surface area contributed by atoms with Crippen LogP contribution < -0.4 is 0 Å². The van der Waals surface area contributed by atoms with Crippen molar-refractivity contribution in [3.05, 3.63) is 21.4 Å². The van der Waals surface area contributed by atoms with Crippen molar-refractivity contribution in [3.8, 4) is 0 Å². The average Bonchev–Trinajstić information content (AvgIpc) is 2.26. The number of sulfone groups is 1. The van der Waals surface area contributed by atoms with Gasteiger partial charge in [0.15, 0.2) is 0 Å². The smallest absolute Gasteiger partial charge is 0.149 e. The fraction of sp³-hybridized carbons (Fsp3) is 0.556. The SMILES string of the molecule is Cc1cc(C(Cl)CS(C)(=O)=O)c(C)s1. The summed E-state index contributed by atoms with van der Waals surface area (Å²) >= 11 is 7.68. The molecule has 0 amide bonds. The van der Waals surface area contributed by atoms with Crippen LogP contribution in [0.5, 0.6) is 0 Å². The van der Waals surface area contributed by atoms with Crippen molar-refractivity contribution in [2.24, 2.45) is 0 Å². The standard InChI is InChI=1S/C9H13ClO2S2/c1-6-4-8(7(2)13-6)9(10)5-14(3,11)12/h4,9H,5H2,1-3H3. The van der Waals surface area contributed by atoms with Crippen LogP contribution in [0, 0.1) is 13.8 Å². The second-order valence-electron chi connectivity index (χ2n) is 3.43. The first kappa shape index (κ1) is 12.0. The van der Waals surface area contributed by atoms with Crippen LogP contribution in [-0.2, 0) is 9.84 Å². The van der Waals surface area contributed by atoms with Crippen molar-refractivity contribution >= 4 is 32.8 Å². The third-order valence-electron chi connectivity index (χ3n) is 1.87. The van der Waals surface area contributed by atoms with E-state index in [4.69, 9.17) is 11.6 Å². The van der Waals surface area contributed by atoms with Gasteiger partial charge >= 0.3 is 0 Å². The summed E-state index contributed by atoms with van der Waals surface area (Å²) in [6, 6.07) is 1.96. The minimum absolute atomic E-state index is 0.00552. The molecule has 2 nitrogen and oxygen atoms in total. The van der Waals surface area contributed by atoms with Crippen LogP contribution in [0.15, 0.2) is 6.07 Å². The Balaban J connectivity index is 2.90. The van der Waals surface area contributed by atoms with E-state index in [0.717, 1.165) is 15.3 Å². The van der Waals surface area contributed by atoms with Gasteiger partial charge in [0.1, 0.15) is 9.84 Å². The van der Waals surface area contributed by atoms with Gasteiger partial charge in [0.25, 0.3) is 0 Å². The summed E-state index contributed by atoms with van der Waals surface area (Å²) < 4.78 is 22.1. The van der Waals surface area contributed by atoms with Gasteiger partial charge in [-0.25, -0.2) is 8.42 Å². The summed E-state index contributed by atoms with van der Waals surface area (Å²) in [5, 5.41) is -0.421. The Morgan fingerprint density at radius 2 is 2.07 bits per heavy atom. The van der Waals surface area contributed by atoms with Gasteiger partial charge in [-0.3, -0.25) is 0 Å². The molecule has 0 spiro atoms. The Hall–Kier alpha value is -0.0600. The molecule has 5 heteroatoms. The lowest BCUT2D eigenvalue weighted by molar-refractivity contribution is 0.600. The number of halogens is 1. The van der Waals surface area contributed by atoms with E-state index in [-0.39, 0.29) is 5.75 Å². The Morgan fingerprint density at radius 3 is 2.43 bits per heavy atom. The van der Waals surface area contributed by atoms with Crippen LogP contribution in [0.3, 0.4) is 0 Å². The quantitative estimate of drug-likeness (QED) is 0.776. The van der Waals surface area contributed by atoms with E-state index in [9.17, 15) is 8.42 Å². The second-order valence-corrected chi connectivity index (χ2v) is 7.60. The molecule has 0 radical (unpaired) electrons. The highest BCUT2D eigenvalue weighted by molar-refractivity contribution is 7.90. The van der Waals surface area contributed by atoms with Crippen molar-refractivity contribution in [3.63, 3.8) is 0 Å². The maximum absolute atomic E-state index is 11.1. The van der Waals surface area contributed by atoms with Crippen molar-refractivity contribution in [1.29, 1.82) is 0 Å². The molecule has 14 heavy (non-hydrogen) atoms. The van der Waals surface area contributed by atoms with Gasteiger partial charge in [0.2, 0.25) is 0 Å². The number of hydrogen-bond acceptors (Lipinski definition) is 3. The molecule has 0 aromatic carbocycles. The van der Waals surface area contributed by atoms with Crippen LogP contribution in [0.4, 0.5) is 0 Å². The molecule has 0 bridgehead atoms. The predicted molar refractivity (Wildman–Crippen MR) is 62.1 cm³/mol. The van der Waals surface area contributed by atoms with Crippen LogP contribution in [0.25, 0.3) is 0 Å². The summed E-state index contributed by atoms with van der Waals surface area (Å²) in [6.07, 6.45) is 1.21. The third kappa shape index (κ3) is 3.26. The minimum atomic E-state index is -3.01. The molecule has 1 atom stereocenters. The van der Waals surface area contributed by atoms with Crippen LogP contribution >= 0.6 is 22.9 Å². The highest BCUT2D eigenvalue weighted by Gasteiger charge is 2.17. The molecule has 0 saturated carbocycles. The summed E-state index contributed by atoms with van der Waals surface area (Å²) in [5.41, 5.74) is 0.944. The molecule has 0 N–H and O–H groups in total. The summed E-state index contributed by atoms with van der Waals surface area (Å²) in [4.78, 5) is 2.27. The average molecular weight is 253 g/mol. The zero-order valence-corrected chi connectivity index (χ0v) is 10.8. The highest BCUT2D eigenvalue weighted by Crippen LogP contribution is 2.31. The van der Waals surface area contributed by atoms with E-state index < -0.39 is 15.2 Å². The molecule has 0 aliphatic heterocycles. The topological polar surface area (TPSA) is 34.1 Å². The molecular weight excluding hydrogens is 240 g/mol. The molecule has 0 saturated heterocycles. The minimum Gasteiger partial charge on any atom is -0.229 e. The van der Waals surface area contributed by atoms with Gasteiger partial charge in [-0.15, -0.1) is 22.9 Å². The lowest BCUT2D eigenvalue weighted by atomic mass is 10.2. The molecule has 1 aromatic heterocycles. The van der Waals surface area contributed by atoms with E-state index in [1.54, 1.807) is 11.3 Å². The first-order valence-corrected chi connectivity index (χ1v) is 7.49. The van der Waals surface area contributed by atoms with Crippen LogP contribution in [0.2, 0.25) is 0 Å². The molecule has 1 rings (SSSR count). The van der Waals surface area contributed by atoms with E-state index >= 15 is 0 Å². The Bertz CT molecular complexity index is 420. The van der Waals surface area contributed by atoms with Crippen molar-refractivity contribution in [2.45, 2.75) is 19.2 Å². The number of hydrogen-bond donors (Lipinski definition) is 0. The Kier molecular flexibility index (Phi) is 3.61. The number of rotatable bonds is 3. The number of aryl methyl sites for hydroxylation is 2. The summed E-state index contributed by atoms with van der Waals surface area (Å²) in [7, 11) is -3.01. The molecule has 0 aliphatic rings. The van der Waals surface area contributed by atoms with Crippen molar-refractivity contribution < 1.29 is 8.42 Å². The first-order valence-electron chi connectivity index (χ1n) is 4.18. The normalized spacial score (nSPS) is 14.3. The van der Waals surface area contributed by atoms with Gasteiger partial charge in [0, 0.05) is 16.0 Å². The van der Waals surface area contributed by atoms with Gasteiger partial charge < -0.3 is 0 Å². The molecule has 1 heterocycles. The van der Waals surface area contributed by atoms with Crippen molar-refractivity contribution in [2.75, 3.05) is 12.0 Å². The first-order chi connectivity index (χ1) is 6.29. The van der Waals surface area contributed by atoms with Gasteiger partial charge in [-0.05, 0) is 25.5 Å². The highest BCUT2D eigenvalue weighted by atomic mass is 35.5. The molecule has 0 fully saturated rings. The maximum Gasteiger partial charge on any atom is 0.149 e. The molecular formula is C9H13ClO2S2. The predicted octanol–water partition coefficient (Wildman–Crippen LogP) is 2.69. The number of thiophene rings is 1. The fourth-order valence-electron chi connectivity index (χ4n) is 1.32. The zero-order valence-electron chi connectivity index (χ0n) is 8.37. The van der Waals surface area contributed by atoms with Crippen LogP contribution in [-0.4, -0.2) is 20.4 Å². The molecule has 1 aromatic rings. The molecule has 0 aliphatic carbocycles. The monoisotopic (exact) mass is 252 g/mol. The zero-order chi connectivity index (χ0) is 10.9. The Labute approximate surface area is 93.8 Å². The van der Waals surface area contributed by atoms with Gasteiger partial charge in [0.05, 0.1) is 11.1 Å².